The maximum atomic E-state index is 5.59. The van der Waals surface area contributed by atoms with Crippen molar-refractivity contribution in [2.75, 3.05) is 7.11 Å². The van der Waals surface area contributed by atoms with Crippen molar-refractivity contribution in [2.45, 2.75) is 57.6 Å². The predicted molar refractivity (Wildman–Crippen MR) is 58.8 cm³/mol. The quantitative estimate of drug-likeness (QED) is 0.508. The normalized spacial score (nSPS) is 22.5. The van der Waals surface area contributed by atoms with E-state index in [2.05, 4.69) is 12.3 Å². The fraction of sp³-hybridized carbons (Fsp3) is 1.00. The van der Waals surface area contributed by atoms with Crippen LogP contribution in [0.3, 0.4) is 0 Å². The molecule has 0 heterocycles. The van der Waals surface area contributed by atoms with Gasteiger partial charge in [0.2, 0.25) is 0 Å². The Bertz CT molecular complexity index is 146. The van der Waals surface area contributed by atoms with Crippen LogP contribution >= 0.6 is 0 Å². The molecule has 0 aromatic rings. The van der Waals surface area contributed by atoms with E-state index >= 15 is 0 Å². The Labute approximate surface area is 87.4 Å². The smallest absolute Gasteiger partial charge is 0.0543 e. The molecule has 3 N–H and O–H groups in total. The van der Waals surface area contributed by atoms with Crippen molar-refractivity contribution < 1.29 is 4.74 Å². The molecule has 84 valence electrons. The van der Waals surface area contributed by atoms with Gasteiger partial charge in [0, 0.05) is 13.2 Å². The molecule has 0 aliphatic heterocycles. The molecule has 1 aliphatic rings. The van der Waals surface area contributed by atoms with Crippen molar-refractivity contribution in [3.05, 3.63) is 0 Å². The van der Waals surface area contributed by atoms with Gasteiger partial charge in [-0.05, 0) is 38.5 Å². The summed E-state index contributed by atoms with van der Waals surface area (Å²) >= 11 is 0. The topological polar surface area (TPSA) is 47.3 Å². The lowest BCUT2D eigenvalue weighted by molar-refractivity contribution is 0.103. The van der Waals surface area contributed by atoms with E-state index in [1.54, 1.807) is 7.11 Å². The van der Waals surface area contributed by atoms with E-state index in [4.69, 9.17) is 10.6 Å². The molecule has 3 heteroatoms. The number of hydrogen-bond acceptors (Lipinski definition) is 3. The molecule has 0 aromatic carbocycles. The molecule has 2 atom stereocenters. The lowest BCUT2D eigenvalue weighted by Gasteiger charge is -2.23. The largest absolute Gasteiger partial charge is 0.382 e. The van der Waals surface area contributed by atoms with E-state index in [-0.39, 0.29) is 0 Å². The predicted octanol–water partition coefficient (Wildman–Crippen LogP) is 1.82. The van der Waals surface area contributed by atoms with Crippen molar-refractivity contribution in [2.24, 2.45) is 11.8 Å². The van der Waals surface area contributed by atoms with Crippen LogP contribution < -0.4 is 11.3 Å². The first-order chi connectivity index (χ1) is 6.77. The summed E-state index contributed by atoms with van der Waals surface area (Å²) in [7, 11) is 1.77. The SMILES string of the molecule is COC(C)CCC(NN)C1CCCC1. The lowest BCUT2D eigenvalue weighted by Crippen LogP contribution is -2.40. The summed E-state index contributed by atoms with van der Waals surface area (Å²) in [5, 5.41) is 0. The van der Waals surface area contributed by atoms with Crippen LogP contribution in [0.15, 0.2) is 0 Å². The molecular formula is C11H24N2O. The molecular weight excluding hydrogens is 176 g/mol. The minimum Gasteiger partial charge on any atom is -0.382 e. The summed E-state index contributed by atoms with van der Waals surface area (Å²) in [6.07, 6.45) is 8.03. The first-order valence-electron chi connectivity index (χ1n) is 5.76. The third kappa shape index (κ3) is 3.56. The molecule has 1 saturated carbocycles. The Balaban J connectivity index is 2.23. The molecule has 1 fully saturated rings. The number of methoxy groups -OCH3 is 1. The van der Waals surface area contributed by atoms with Crippen LogP contribution in [0.1, 0.15) is 45.4 Å². The summed E-state index contributed by atoms with van der Waals surface area (Å²) in [4.78, 5) is 0. The van der Waals surface area contributed by atoms with Crippen LogP contribution in [0, 0.1) is 5.92 Å². The van der Waals surface area contributed by atoms with Gasteiger partial charge in [-0.1, -0.05) is 12.8 Å². The fourth-order valence-electron chi connectivity index (χ4n) is 2.35. The van der Waals surface area contributed by atoms with Crippen molar-refractivity contribution in [3.63, 3.8) is 0 Å². The van der Waals surface area contributed by atoms with Crippen LogP contribution in [-0.4, -0.2) is 19.3 Å². The van der Waals surface area contributed by atoms with Gasteiger partial charge in [-0.2, -0.15) is 0 Å². The first-order valence-corrected chi connectivity index (χ1v) is 5.76. The summed E-state index contributed by atoms with van der Waals surface area (Å²) < 4.78 is 5.24. The zero-order valence-corrected chi connectivity index (χ0v) is 9.46. The molecule has 0 spiro atoms. The Kier molecular flexibility index (Phi) is 5.45. The summed E-state index contributed by atoms with van der Waals surface area (Å²) in [5.41, 5.74) is 2.97. The van der Waals surface area contributed by atoms with Gasteiger partial charge in [0.15, 0.2) is 0 Å². The lowest BCUT2D eigenvalue weighted by atomic mass is 9.94. The third-order valence-electron chi connectivity index (χ3n) is 3.47. The number of rotatable bonds is 6. The average molecular weight is 200 g/mol. The van der Waals surface area contributed by atoms with Crippen molar-refractivity contribution >= 4 is 0 Å². The van der Waals surface area contributed by atoms with Gasteiger partial charge in [0.05, 0.1) is 6.10 Å². The highest BCUT2D eigenvalue weighted by atomic mass is 16.5. The Hall–Kier alpha value is -0.120. The number of hydrazine groups is 1. The van der Waals surface area contributed by atoms with Gasteiger partial charge in [-0.25, -0.2) is 0 Å². The number of hydrogen-bond donors (Lipinski definition) is 2. The molecule has 3 nitrogen and oxygen atoms in total. The molecule has 0 bridgehead atoms. The average Bonchev–Trinajstić information content (AvgIpc) is 2.72. The van der Waals surface area contributed by atoms with Gasteiger partial charge < -0.3 is 4.74 Å². The van der Waals surface area contributed by atoms with E-state index < -0.39 is 0 Å². The zero-order valence-electron chi connectivity index (χ0n) is 9.46. The Morgan fingerprint density at radius 1 is 1.36 bits per heavy atom. The standard InChI is InChI=1S/C11H24N2O/c1-9(14-2)7-8-11(13-12)10-5-3-4-6-10/h9-11,13H,3-8,12H2,1-2H3. The maximum Gasteiger partial charge on any atom is 0.0543 e. The molecule has 1 rings (SSSR count). The number of nitrogens with one attached hydrogen (secondary N) is 1. The summed E-state index contributed by atoms with van der Waals surface area (Å²) in [6, 6.07) is 0.495. The Morgan fingerprint density at radius 3 is 2.50 bits per heavy atom. The van der Waals surface area contributed by atoms with Gasteiger partial charge in [-0.15, -0.1) is 0 Å². The third-order valence-corrected chi connectivity index (χ3v) is 3.47. The molecule has 0 amide bonds. The highest BCUT2D eigenvalue weighted by Gasteiger charge is 2.24. The highest BCUT2D eigenvalue weighted by Crippen LogP contribution is 2.29. The minimum atomic E-state index is 0.354. The van der Waals surface area contributed by atoms with Crippen molar-refractivity contribution in [3.8, 4) is 0 Å². The molecule has 0 saturated heterocycles. The second kappa shape index (κ2) is 6.38. The van der Waals surface area contributed by atoms with E-state index in [0.29, 0.717) is 12.1 Å². The number of nitrogens with two attached hydrogens (primary N) is 1. The van der Waals surface area contributed by atoms with Crippen LogP contribution in [-0.2, 0) is 4.74 Å². The van der Waals surface area contributed by atoms with Gasteiger partial charge in [0.1, 0.15) is 0 Å². The van der Waals surface area contributed by atoms with E-state index in [1.807, 2.05) is 0 Å². The van der Waals surface area contributed by atoms with Crippen LogP contribution in [0.2, 0.25) is 0 Å². The fourth-order valence-corrected chi connectivity index (χ4v) is 2.35. The van der Waals surface area contributed by atoms with Crippen molar-refractivity contribution in [1.82, 2.24) is 5.43 Å². The number of ether oxygens (including phenoxy) is 1. The van der Waals surface area contributed by atoms with Crippen LogP contribution in [0.5, 0.6) is 0 Å². The second-order valence-corrected chi connectivity index (χ2v) is 4.44. The molecule has 1 aliphatic carbocycles. The second-order valence-electron chi connectivity index (χ2n) is 4.44. The van der Waals surface area contributed by atoms with Crippen LogP contribution in [0.4, 0.5) is 0 Å². The maximum absolute atomic E-state index is 5.59. The molecule has 0 radical (unpaired) electrons. The van der Waals surface area contributed by atoms with Gasteiger partial charge in [0.25, 0.3) is 0 Å². The van der Waals surface area contributed by atoms with Gasteiger partial charge in [-0.3, -0.25) is 11.3 Å². The monoisotopic (exact) mass is 200 g/mol. The summed E-state index contributed by atoms with van der Waals surface area (Å²) in [6.45, 7) is 2.11. The van der Waals surface area contributed by atoms with Crippen LogP contribution in [0.25, 0.3) is 0 Å². The van der Waals surface area contributed by atoms with Gasteiger partial charge >= 0.3 is 0 Å². The summed E-state index contributed by atoms with van der Waals surface area (Å²) in [5.74, 6) is 6.38. The molecule has 14 heavy (non-hydrogen) atoms. The van der Waals surface area contributed by atoms with E-state index in [9.17, 15) is 0 Å². The van der Waals surface area contributed by atoms with E-state index in [0.717, 1.165) is 18.8 Å². The minimum absolute atomic E-state index is 0.354. The first kappa shape index (κ1) is 12.0. The highest BCUT2D eigenvalue weighted by molar-refractivity contribution is 4.79. The molecule has 2 unspecified atom stereocenters. The van der Waals surface area contributed by atoms with Crippen molar-refractivity contribution in [1.29, 1.82) is 0 Å². The Morgan fingerprint density at radius 2 is 2.00 bits per heavy atom. The zero-order chi connectivity index (χ0) is 10.4. The molecule has 0 aromatic heterocycles. The van der Waals surface area contributed by atoms with E-state index in [1.165, 1.54) is 25.7 Å².